The number of primary amides is 1. The molecule has 0 radical (unpaired) electrons. The first-order valence-electron chi connectivity index (χ1n) is 4.74. The quantitative estimate of drug-likeness (QED) is 0.510. The van der Waals surface area contributed by atoms with Crippen molar-refractivity contribution in [3.8, 4) is 0 Å². The number of hydrogen-bond donors (Lipinski definition) is 4. The lowest BCUT2D eigenvalue weighted by atomic mass is 10.2. The van der Waals surface area contributed by atoms with Gasteiger partial charge in [-0.05, 0) is 13.0 Å². The molecule has 8 heteroatoms. The minimum atomic E-state index is -1.35. The highest BCUT2D eigenvalue weighted by Crippen LogP contribution is 2.00. The number of carbonyl (C=O) groups is 3. The molecule has 1 unspecified atom stereocenters. The molecule has 0 bridgehead atoms. The van der Waals surface area contributed by atoms with Gasteiger partial charge in [-0.3, -0.25) is 14.7 Å². The fourth-order valence-electron chi connectivity index (χ4n) is 1.17. The Labute approximate surface area is 96.2 Å². The molecule has 0 aliphatic carbocycles. The van der Waals surface area contributed by atoms with E-state index >= 15 is 0 Å². The lowest BCUT2D eigenvalue weighted by molar-refractivity contribution is -0.140. The van der Waals surface area contributed by atoms with Crippen LogP contribution in [0.5, 0.6) is 0 Å². The summed E-state index contributed by atoms with van der Waals surface area (Å²) in [5, 5.41) is 17.1. The summed E-state index contributed by atoms with van der Waals surface area (Å²) in [4.78, 5) is 32.9. The van der Waals surface area contributed by atoms with E-state index < -0.39 is 30.2 Å². The third kappa shape index (κ3) is 3.59. The zero-order valence-corrected chi connectivity index (χ0v) is 9.06. The van der Waals surface area contributed by atoms with E-state index in [-0.39, 0.29) is 5.69 Å². The van der Waals surface area contributed by atoms with Crippen LogP contribution in [0.1, 0.15) is 22.6 Å². The molecule has 92 valence electrons. The zero-order chi connectivity index (χ0) is 13.0. The van der Waals surface area contributed by atoms with Gasteiger partial charge in [0, 0.05) is 5.69 Å². The van der Waals surface area contributed by atoms with Crippen molar-refractivity contribution < 1.29 is 19.5 Å². The predicted molar refractivity (Wildman–Crippen MR) is 56.0 cm³/mol. The molecule has 5 N–H and O–H groups in total. The molecule has 1 rings (SSSR count). The van der Waals surface area contributed by atoms with Gasteiger partial charge in [-0.2, -0.15) is 5.10 Å². The Morgan fingerprint density at radius 2 is 2.24 bits per heavy atom. The normalized spacial score (nSPS) is 11.8. The largest absolute Gasteiger partial charge is 0.480 e. The van der Waals surface area contributed by atoms with Gasteiger partial charge in [-0.25, -0.2) is 4.79 Å². The molecular weight excluding hydrogens is 228 g/mol. The second kappa shape index (κ2) is 5.10. The maximum Gasteiger partial charge on any atom is 0.326 e. The van der Waals surface area contributed by atoms with Crippen LogP contribution in [0.4, 0.5) is 0 Å². The second-order valence-electron chi connectivity index (χ2n) is 3.47. The summed E-state index contributed by atoms with van der Waals surface area (Å²) >= 11 is 0. The van der Waals surface area contributed by atoms with Gasteiger partial charge in [0.25, 0.3) is 5.91 Å². The Balaban J connectivity index is 2.70. The number of rotatable bonds is 5. The average Bonchev–Trinajstić information content (AvgIpc) is 2.63. The number of carboxylic acids is 1. The van der Waals surface area contributed by atoms with Gasteiger partial charge >= 0.3 is 5.97 Å². The molecule has 1 atom stereocenters. The van der Waals surface area contributed by atoms with Gasteiger partial charge in [0.1, 0.15) is 11.7 Å². The second-order valence-corrected chi connectivity index (χ2v) is 3.47. The molecule has 8 nitrogen and oxygen atoms in total. The molecule has 0 fully saturated rings. The van der Waals surface area contributed by atoms with Crippen LogP contribution >= 0.6 is 0 Å². The van der Waals surface area contributed by atoms with Crippen molar-refractivity contribution in [2.24, 2.45) is 5.73 Å². The van der Waals surface area contributed by atoms with E-state index in [9.17, 15) is 14.4 Å². The maximum absolute atomic E-state index is 11.5. The molecule has 1 heterocycles. The molecule has 0 aromatic carbocycles. The summed E-state index contributed by atoms with van der Waals surface area (Å²) < 4.78 is 0. The number of nitrogens with one attached hydrogen (secondary N) is 2. The van der Waals surface area contributed by atoms with E-state index in [0.29, 0.717) is 5.69 Å². The van der Waals surface area contributed by atoms with Gasteiger partial charge in [0.2, 0.25) is 5.91 Å². The van der Waals surface area contributed by atoms with E-state index in [1.165, 1.54) is 6.07 Å². The topological polar surface area (TPSA) is 138 Å². The molecule has 2 amide bonds. The van der Waals surface area contributed by atoms with Crippen LogP contribution in [0.3, 0.4) is 0 Å². The summed E-state index contributed by atoms with van der Waals surface area (Å²) in [6.45, 7) is 1.70. The monoisotopic (exact) mass is 240 g/mol. The Bertz CT molecular complexity index is 454. The summed E-state index contributed by atoms with van der Waals surface area (Å²) in [6.07, 6.45) is -0.468. The SMILES string of the molecule is Cc1cc(C(=O)NC(CC(N)=O)C(=O)O)n[nH]1. The summed E-state index contributed by atoms with van der Waals surface area (Å²) in [5.41, 5.74) is 5.59. The number of nitrogens with two attached hydrogens (primary N) is 1. The minimum Gasteiger partial charge on any atom is -0.480 e. The van der Waals surface area contributed by atoms with Crippen molar-refractivity contribution in [1.82, 2.24) is 15.5 Å². The first-order valence-corrected chi connectivity index (χ1v) is 4.74. The van der Waals surface area contributed by atoms with Gasteiger partial charge in [-0.15, -0.1) is 0 Å². The lowest BCUT2D eigenvalue weighted by Gasteiger charge is -2.11. The first-order chi connectivity index (χ1) is 7.90. The van der Waals surface area contributed by atoms with Crippen molar-refractivity contribution in [1.29, 1.82) is 0 Å². The van der Waals surface area contributed by atoms with Crippen molar-refractivity contribution in [2.45, 2.75) is 19.4 Å². The first kappa shape index (κ1) is 12.7. The number of nitrogens with zero attached hydrogens (tertiary/aromatic N) is 1. The number of H-pyrrole nitrogens is 1. The highest BCUT2D eigenvalue weighted by molar-refractivity contribution is 5.96. The number of carboxylic acid groups (broad SMARTS) is 1. The van der Waals surface area contributed by atoms with Crippen molar-refractivity contribution >= 4 is 17.8 Å². The Morgan fingerprint density at radius 1 is 1.59 bits per heavy atom. The molecule has 0 saturated carbocycles. The van der Waals surface area contributed by atoms with Gasteiger partial charge in [-0.1, -0.05) is 0 Å². The van der Waals surface area contributed by atoms with E-state index in [1.54, 1.807) is 6.92 Å². The molecular formula is C9H12N4O4. The molecule has 0 aliphatic heterocycles. The summed E-state index contributed by atoms with van der Waals surface area (Å²) in [5.74, 6) is -2.82. The molecule has 0 saturated heterocycles. The Kier molecular flexibility index (Phi) is 3.81. The highest BCUT2D eigenvalue weighted by Gasteiger charge is 2.23. The van der Waals surface area contributed by atoms with Crippen molar-refractivity contribution in [2.75, 3.05) is 0 Å². The van der Waals surface area contributed by atoms with E-state index in [2.05, 4.69) is 15.5 Å². The molecule has 0 aliphatic rings. The van der Waals surface area contributed by atoms with Crippen molar-refractivity contribution in [3.63, 3.8) is 0 Å². The number of amides is 2. The highest BCUT2D eigenvalue weighted by atomic mass is 16.4. The standard InChI is InChI=1S/C9H12N4O4/c1-4-2-5(13-12-4)8(15)11-6(9(16)17)3-7(10)14/h2,6H,3H2,1H3,(H2,10,14)(H,11,15)(H,12,13)(H,16,17). The molecule has 17 heavy (non-hydrogen) atoms. The van der Waals surface area contributed by atoms with Gasteiger partial charge in [0.05, 0.1) is 6.42 Å². The summed E-state index contributed by atoms with van der Waals surface area (Å²) in [7, 11) is 0. The number of carbonyl (C=O) groups excluding carboxylic acids is 2. The van der Waals surface area contributed by atoms with Gasteiger partial charge in [0.15, 0.2) is 0 Å². The third-order valence-corrected chi connectivity index (χ3v) is 1.95. The van der Waals surface area contributed by atoms with Gasteiger partial charge < -0.3 is 16.2 Å². The lowest BCUT2D eigenvalue weighted by Crippen LogP contribution is -2.43. The smallest absolute Gasteiger partial charge is 0.326 e. The summed E-state index contributed by atoms with van der Waals surface area (Å²) in [6, 6.07) is 0.107. The van der Waals surface area contributed by atoms with Crippen LogP contribution < -0.4 is 11.1 Å². The Morgan fingerprint density at radius 3 is 2.65 bits per heavy atom. The van der Waals surface area contributed by atoms with E-state index in [0.717, 1.165) is 0 Å². The fourth-order valence-corrected chi connectivity index (χ4v) is 1.17. The van der Waals surface area contributed by atoms with Crippen LogP contribution in [0.25, 0.3) is 0 Å². The number of aromatic amines is 1. The van der Waals surface area contributed by atoms with Crippen LogP contribution in [0.2, 0.25) is 0 Å². The van der Waals surface area contributed by atoms with Crippen LogP contribution in [-0.2, 0) is 9.59 Å². The zero-order valence-electron chi connectivity index (χ0n) is 9.06. The Hall–Kier alpha value is -2.38. The third-order valence-electron chi connectivity index (χ3n) is 1.95. The van der Waals surface area contributed by atoms with Crippen LogP contribution in [-0.4, -0.2) is 39.1 Å². The maximum atomic E-state index is 11.5. The fraction of sp³-hybridized carbons (Fsp3) is 0.333. The predicted octanol–water partition coefficient (Wildman–Crippen LogP) is -1.22. The number of aromatic nitrogens is 2. The van der Waals surface area contributed by atoms with Crippen molar-refractivity contribution in [3.05, 3.63) is 17.5 Å². The molecule has 1 aromatic heterocycles. The van der Waals surface area contributed by atoms with Crippen LogP contribution in [0.15, 0.2) is 6.07 Å². The molecule has 0 spiro atoms. The van der Waals surface area contributed by atoms with E-state index in [1.807, 2.05) is 0 Å². The number of hydrogen-bond acceptors (Lipinski definition) is 4. The number of aryl methyl sites for hydroxylation is 1. The number of aliphatic carboxylic acids is 1. The minimum absolute atomic E-state index is 0.0539. The van der Waals surface area contributed by atoms with Crippen LogP contribution in [0, 0.1) is 6.92 Å². The van der Waals surface area contributed by atoms with E-state index in [4.69, 9.17) is 10.8 Å². The molecule has 1 aromatic rings. The average molecular weight is 240 g/mol.